The molecule has 7 nitrogen and oxygen atoms in total. The zero-order valence-electron chi connectivity index (χ0n) is 20.5. The van der Waals surface area contributed by atoms with Crippen LogP contribution in [-0.4, -0.2) is 39.1 Å². The predicted octanol–water partition coefficient (Wildman–Crippen LogP) is 5.58. The number of benzene rings is 1. The van der Waals surface area contributed by atoms with Crippen molar-refractivity contribution in [3.05, 3.63) is 84.8 Å². The number of aromatic nitrogens is 4. The maximum Gasteiger partial charge on any atom is 0.162 e. The minimum atomic E-state index is 0.0853. The molecule has 1 aliphatic heterocycles. The number of anilines is 3. The van der Waals surface area contributed by atoms with Crippen molar-refractivity contribution < 1.29 is 0 Å². The quantitative estimate of drug-likeness (QED) is 0.335. The highest BCUT2D eigenvalue weighted by Gasteiger charge is 2.33. The maximum absolute atomic E-state index is 5.10. The molecule has 0 bridgehead atoms. The molecule has 4 aromatic rings. The number of piperidine rings is 1. The number of fused-ring (bicyclic) bond motifs is 1. The molecular formula is C29H29N7. The van der Waals surface area contributed by atoms with Crippen molar-refractivity contribution in [2.75, 3.05) is 23.7 Å². The second-order valence-corrected chi connectivity index (χ2v) is 10.0. The highest BCUT2D eigenvalue weighted by molar-refractivity contribution is 6.02. The van der Waals surface area contributed by atoms with E-state index in [-0.39, 0.29) is 11.5 Å². The van der Waals surface area contributed by atoms with Gasteiger partial charge in [0.2, 0.25) is 0 Å². The van der Waals surface area contributed by atoms with Crippen LogP contribution >= 0.6 is 0 Å². The Hall–Kier alpha value is -4.10. The minimum Gasteiger partial charge on any atom is -0.366 e. The van der Waals surface area contributed by atoms with Crippen LogP contribution in [0.1, 0.15) is 25.8 Å². The summed E-state index contributed by atoms with van der Waals surface area (Å²) in [6.45, 7) is 6.54. The lowest BCUT2D eigenvalue weighted by Gasteiger charge is -2.40. The molecule has 3 N–H and O–H groups in total. The number of para-hydroxylation sites is 1. The van der Waals surface area contributed by atoms with Gasteiger partial charge in [0.05, 0.1) is 17.1 Å². The van der Waals surface area contributed by atoms with Crippen molar-refractivity contribution in [1.82, 2.24) is 25.3 Å². The van der Waals surface area contributed by atoms with E-state index >= 15 is 0 Å². The Morgan fingerprint density at radius 1 is 1.06 bits per heavy atom. The lowest BCUT2D eigenvalue weighted by Crippen LogP contribution is -2.49. The maximum atomic E-state index is 5.10. The Bertz CT molecular complexity index is 1470. The van der Waals surface area contributed by atoms with Gasteiger partial charge in [0.15, 0.2) is 5.82 Å². The second kappa shape index (κ2) is 9.17. The molecule has 3 aromatic heterocycles. The summed E-state index contributed by atoms with van der Waals surface area (Å²) < 4.78 is 0. The van der Waals surface area contributed by atoms with E-state index < -0.39 is 0 Å². The Morgan fingerprint density at radius 2 is 1.92 bits per heavy atom. The summed E-state index contributed by atoms with van der Waals surface area (Å²) in [6.07, 6.45) is 12.8. The SMILES string of the molecule is CC1(C)CNCCC1Nc1nc(-c2ccnc(Nc3ccccc3)c2)nc2cncc(C3=CC=C3)c12. The fourth-order valence-corrected chi connectivity index (χ4v) is 4.82. The summed E-state index contributed by atoms with van der Waals surface area (Å²) >= 11 is 0. The third-order valence-corrected chi connectivity index (χ3v) is 6.98. The first-order chi connectivity index (χ1) is 17.6. The van der Waals surface area contributed by atoms with Crippen molar-refractivity contribution in [2.45, 2.75) is 26.3 Å². The normalized spacial score (nSPS) is 18.4. The molecule has 7 heteroatoms. The third kappa shape index (κ3) is 4.33. The van der Waals surface area contributed by atoms with Gasteiger partial charge in [-0.1, -0.05) is 50.3 Å². The molecule has 0 saturated carbocycles. The number of nitrogens with one attached hydrogen (secondary N) is 3. The molecule has 1 aromatic carbocycles. The van der Waals surface area contributed by atoms with Crippen LogP contribution in [0.15, 0.2) is 79.3 Å². The first-order valence-electron chi connectivity index (χ1n) is 12.4. The second-order valence-electron chi connectivity index (χ2n) is 10.0. The molecule has 1 saturated heterocycles. The Balaban J connectivity index is 1.44. The van der Waals surface area contributed by atoms with Crippen molar-refractivity contribution in [2.24, 2.45) is 5.41 Å². The number of nitrogens with zero attached hydrogens (tertiary/aromatic N) is 4. The molecule has 1 unspecified atom stereocenters. The average Bonchev–Trinajstić information content (AvgIpc) is 2.85. The van der Waals surface area contributed by atoms with Crippen LogP contribution in [0.3, 0.4) is 0 Å². The lowest BCUT2D eigenvalue weighted by atomic mass is 9.80. The van der Waals surface area contributed by atoms with Gasteiger partial charge in [0.25, 0.3) is 0 Å². The van der Waals surface area contributed by atoms with E-state index in [0.717, 1.165) is 64.4 Å². The van der Waals surface area contributed by atoms with E-state index in [9.17, 15) is 0 Å². The summed E-state index contributed by atoms with van der Waals surface area (Å²) in [7, 11) is 0. The van der Waals surface area contributed by atoms with Gasteiger partial charge in [-0.05, 0) is 48.2 Å². The third-order valence-electron chi connectivity index (χ3n) is 6.98. The molecule has 1 fully saturated rings. The van der Waals surface area contributed by atoms with Gasteiger partial charge >= 0.3 is 0 Å². The first-order valence-corrected chi connectivity index (χ1v) is 12.4. The zero-order chi connectivity index (χ0) is 24.5. The zero-order valence-corrected chi connectivity index (χ0v) is 20.5. The molecule has 0 spiro atoms. The molecule has 1 aliphatic carbocycles. The molecule has 2 aliphatic rings. The topological polar surface area (TPSA) is 87.7 Å². The first kappa shape index (κ1) is 22.4. The number of rotatable bonds is 6. The summed E-state index contributed by atoms with van der Waals surface area (Å²) in [5.41, 5.74) is 4.98. The summed E-state index contributed by atoms with van der Waals surface area (Å²) in [6, 6.07) is 14.2. The van der Waals surface area contributed by atoms with Gasteiger partial charge in [-0.2, -0.15) is 0 Å². The van der Waals surface area contributed by atoms with E-state index in [1.807, 2.05) is 60.9 Å². The largest absolute Gasteiger partial charge is 0.366 e. The highest BCUT2D eigenvalue weighted by atomic mass is 15.1. The van der Waals surface area contributed by atoms with Gasteiger partial charge in [-0.3, -0.25) is 4.98 Å². The number of hydrogen-bond donors (Lipinski definition) is 3. The molecule has 4 heterocycles. The van der Waals surface area contributed by atoms with E-state index in [0.29, 0.717) is 5.82 Å². The summed E-state index contributed by atoms with van der Waals surface area (Å²) in [4.78, 5) is 19.1. The minimum absolute atomic E-state index is 0.0853. The van der Waals surface area contributed by atoms with E-state index in [4.69, 9.17) is 9.97 Å². The van der Waals surface area contributed by atoms with Crippen LogP contribution in [0.2, 0.25) is 0 Å². The Kier molecular flexibility index (Phi) is 5.70. The number of pyridine rings is 2. The van der Waals surface area contributed by atoms with Crippen LogP contribution in [0.25, 0.3) is 27.9 Å². The van der Waals surface area contributed by atoms with E-state index in [1.165, 1.54) is 0 Å². The lowest BCUT2D eigenvalue weighted by molar-refractivity contribution is 0.236. The molecule has 1 atom stereocenters. The van der Waals surface area contributed by atoms with Gasteiger partial charge < -0.3 is 16.0 Å². The van der Waals surface area contributed by atoms with Gasteiger partial charge in [0.1, 0.15) is 11.6 Å². The fraction of sp³-hybridized carbons (Fsp3) is 0.241. The molecule has 6 rings (SSSR count). The van der Waals surface area contributed by atoms with Crippen molar-refractivity contribution >= 4 is 33.8 Å². The fourth-order valence-electron chi connectivity index (χ4n) is 4.82. The standard InChI is InChI=1S/C29H29N7/c1-29(2)18-30-13-12-24(29)35-28-26-22(19-7-6-8-19)16-31-17-23(26)34-27(36-28)20-11-14-32-25(15-20)33-21-9-4-3-5-10-21/h3-11,14-17,24,30H,12-13,18H2,1-2H3,(H,32,33)(H,34,35,36). The van der Waals surface area contributed by atoms with Crippen molar-refractivity contribution in [1.29, 1.82) is 0 Å². The number of allylic oxidation sites excluding steroid dienone is 4. The van der Waals surface area contributed by atoms with Crippen LogP contribution in [0, 0.1) is 5.41 Å². The molecule has 36 heavy (non-hydrogen) atoms. The smallest absolute Gasteiger partial charge is 0.162 e. The van der Waals surface area contributed by atoms with E-state index in [2.05, 4.69) is 51.9 Å². The van der Waals surface area contributed by atoms with Crippen LogP contribution in [0.5, 0.6) is 0 Å². The van der Waals surface area contributed by atoms with Gasteiger partial charge in [-0.15, -0.1) is 0 Å². The predicted molar refractivity (Wildman–Crippen MR) is 146 cm³/mol. The molecule has 180 valence electrons. The molecule has 0 radical (unpaired) electrons. The summed E-state index contributed by atoms with van der Waals surface area (Å²) in [5.74, 6) is 2.24. The van der Waals surface area contributed by atoms with Crippen LogP contribution < -0.4 is 16.0 Å². The van der Waals surface area contributed by atoms with E-state index in [1.54, 1.807) is 6.20 Å². The summed E-state index contributed by atoms with van der Waals surface area (Å²) in [5, 5.41) is 11.7. The van der Waals surface area contributed by atoms with Gasteiger partial charge in [0, 0.05) is 41.8 Å². The Labute approximate surface area is 210 Å². The van der Waals surface area contributed by atoms with Crippen molar-refractivity contribution in [3.8, 4) is 11.4 Å². The Morgan fingerprint density at radius 3 is 2.69 bits per heavy atom. The van der Waals surface area contributed by atoms with Crippen molar-refractivity contribution in [3.63, 3.8) is 0 Å². The molecular weight excluding hydrogens is 446 g/mol. The molecule has 0 amide bonds. The monoisotopic (exact) mass is 475 g/mol. The number of hydrogen-bond acceptors (Lipinski definition) is 7. The van der Waals surface area contributed by atoms with Gasteiger partial charge in [-0.25, -0.2) is 15.0 Å². The average molecular weight is 476 g/mol. The highest BCUT2D eigenvalue weighted by Crippen LogP contribution is 2.36. The van der Waals surface area contributed by atoms with Crippen LogP contribution in [0.4, 0.5) is 17.3 Å². The van der Waals surface area contributed by atoms with Crippen LogP contribution in [-0.2, 0) is 0 Å².